The average Bonchev–Trinajstić information content (AvgIpc) is 3.16. The van der Waals surface area contributed by atoms with Gasteiger partial charge in [-0.25, -0.2) is 0 Å². The molecule has 0 bridgehead atoms. The van der Waals surface area contributed by atoms with Gasteiger partial charge in [-0.1, -0.05) is 6.07 Å². The molecule has 0 radical (unpaired) electrons. The van der Waals surface area contributed by atoms with Crippen LogP contribution in [0.2, 0.25) is 0 Å². The van der Waals surface area contributed by atoms with Gasteiger partial charge < -0.3 is 14.5 Å². The van der Waals surface area contributed by atoms with E-state index in [1.54, 1.807) is 16.2 Å². The molecule has 0 saturated carbocycles. The summed E-state index contributed by atoms with van der Waals surface area (Å²) >= 11 is 1.65. The SMILES string of the molecule is CCN1C[C@H](C(=O)N2CCO[C@@H](c3cccs3)C2)CC1=O. The lowest BCUT2D eigenvalue weighted by molar-refractivity contribution is -0.143. The number of thiophene rings is 1. The van der Waals surface area contributed by atoms with Gasteiger partial charge in [0.05, 0.1) is 19.1 Å². The third kappa shape index (κ3) is 2.96. The Morgan fingerprint density at radius 2 is 2.33 bits per heavy atom. The third-order valence-corrected chi connectivity index (χ3v) is 5.15. The minimum atomic E-state index is -0.181. The molecule has 3 heterocycles. The van der Waals surface area contributed by atoms with Crippen molar-refractivity contribution in [2.75, 3.05) is 32.8 Å². The van der Waals surface area contributed by atoms with Crippen LogP contribution >= 0.6 is 11.3 Å². The number of ether oxygens (including phenoxy) is 1. The Kier molecular flexibility index (Phi) is 4.26. The summed E-state index contributed by atoms with van der Waals surface area (Å²) in [7, 11) is 0. The van der Waals surface area contributed by atoms with Crippen LogP contribution in [0, 0.1) is 5.92 Å². The number of nitrogens with zero attached hydrogens (tertiary/aromatic N) is 2. The Morgan fingerprint density at radius 1 is 1.48 bits per heavy atom. The summed E-state index contributed by atoms with van der Waals surface area (Å²) < 4.78 is 5.77. The van der Waals surface area contributed by atoms with Crippen molar-refractivity contribution in [2.24, 2.45) is 5.92 Å². The summed E-state index contributed by atoms with van der Waals surface area (Å²) in [5.74, 6) is 0.0163. The Hall–Kier alpha value is -1.40. The number of rotatable bonds is 3. The largest absolute Gasteiger partial charge is 0.369 e. The molecule has 0 unspecified atom stereocenters. The second kappa shape index (κ2) is 6.15. The number of amides is 2. The van der Waals surface area contributed by atoms with E-state index >= 15 is 0 Å². The van der Waals surface area contributed by atoms with Crippen LogP contribution in [0.15, 0.2) is 17.5 Å². The minimum Gasteiger partial charge on any atom is -0.369 e. The molecule has 2 aliphatic rings. The fourth-order valence-corrected chi connectivity index (χ4v) is 3.76. The topological polar surface area (TPSA) is 49.9 Å². The van der Waals surface area contributed by atoms with E-state index in [2.05, 4.69) is 0 Å². The maximum absolute atomic E-state index is 12.6. The molecule has 2 atom stereocenters. The monoisotopic (exact) mass is 308 g/mol. The van der Waals surface area contributed by atoms with Crippen molar-refractivity contribution in [3.8, 4) is 0 Å². The molecule has 2 amide bonds. The van der Waals surface area contributed by atoms with Crippen LogP contribution < -0.4 is 0 Å². The number of likely N-dealkylation sites (tertiary alicyclic amines) is 1. The highest BCUT2D eigenvalue weighted by Crippen LogP contribution is 2.28. The van der Waals surface area contributed by atoms with Crippen molar-refractivity contribution >= 4 is 23.2 Å². The molecule has 2 aliphatic heterocycles. The number of hydrogen-bond donors (Lipinski definition) is 0. The van der Waals surface area contributed by atoms with Gasteiger partial charge in [-0.3, -0.25) is 9.59 Å². The fraction of sp³-hybridized carbons (Fsp3) is 0.600. The van der Waals surface area contributed by atoms with Gasteiger partial charge in [0.1, 0.15) is 6.10 Å². The van der Waals surface area contributed by atoms with Crippen LogP contribution in [0.4, 0.5) is 0 Å². The van der Waals surface area contributed by atoms with Gasteiger partial charge >= 0.3 is 0 Å². The Balaban J connectivity index is 1.64. The molecule has 21 heavy (non-hydrogen) atoms. The van der Waals surface area contributed by atoms with E-state index in [4.69, 9.17) is 4.74 Å². The normalized spacial score (nSPS) is 26.4. The molecule has 0 aliphatic carbocycles. The lowest BCUT2D eigenvalue weighted by Crippen LogP contribution is -2.45. The second-order valence-corrected chi connectivity index (χ2v) is 6.47. The highest BCUT2D eigenvalue weighted by atomic mass is 32.1. The second-order valence-electron chi connectivity index (χ2n) is 5.49. The average molecular weight is 308 g/mol. The lowest BCUT2D eigenvalue weighted by Gasteiger charge is -2.34. The summed E-state index contributed by atoms with van der Waals surface area (Å²) in [4.78, 5) is 29.2. The molecule has 0 spiro atoms. The van der Waals surface area contributed by atoms with Crippen LogP contribution in [0.5, 0.6) is 0 Å². The number of carbonyl (C=O) groups is 2. The van der Waals surface area contributed by atoms with Crippen LogP contribution in [0.25, 0.3) is 0 Å². The standard InChI is InChI=1S/C15H20N2O3S/c1-2-16-9-11(8-14(16)18)15(19)17-5-6-20-12(10-17)13-4-3-7-21-13/h3-4,7,11-12H,2,5-6,8-10H2,1H3/t11-,12-/m1/s1. The van der Waals surface area contributed by atoms with Gasteiger partial charge in [0.2, 0.25) is 11.8 Å². The van der Waals surface area contributed by atoms with Crippen molar-refractivity contribution < 1.29 is 14.3 Å². The molecule has 114 valence electrons. The molecular formula is C15H20N2O3S. The Bertz CT molecular complexity index is 517. The Morgan fingerprint density at radius 3 is 3.00 bits per heavy atom. The van der Waals surface area contributed by atoms with E-state index in [0.717, 1.165) is 4.88 Å². The maximum Gasteiger partial charge on any atom is 0.228 e. The summed E-state index contributed by atoms with van der Waals surface area (Å²) in [5, 5.41) is 2.02. The van der Waals surface area contributed by atoms with Crippen molar-refractivity contribution in [1.82, 2.24) is 9.80 Å². The van der Waals surface area contributed by atoms with E-state index < -0.39 is 0 Å². The van der Waals surface area contributed by atoms with Crippen molar-refractivity contribution in [1.29, 1.82) is 0 Å². The molecule has 5 nitrogen and oxygen atoms in total. The van der Waals surface area contributed by atoms with Crippen LogP contribution in [0.3, 0.4) is 0 Å². The first kappa shape index (κ1) is 14.5. The molecule has 3 rings (SSSR count). The smallest absolute Gasteiger partial charge is 0.228 e. The molecular weight excluding hydrogens is 288 g/mol. The van der Waals surface area contributed by atoms with E-state index in [9.17, 15) is 9.59 Å². The van der Waals surface area contributed by atoms with Gasteiger partial charge in [0, 0.05) is 30.9 Å². The van der Waals surface area contributed by atoms with Gasteiger partial charge in [-0.15, -0.1) is 11.3 Å². The van der Waals surface area contributed by atoms with E-state index in [-0.39, 0.29) is 23.8 Å². The van der Waals surface area contributed by atoms with Crippen molar-refractivity contribution in [2.45, 2.75) is 19.4 Å². The molecule has 0 N–H and O–H groups in total. The predicted octanol–water partition coefficient (Wildman–Crippen LogP) is 1.52. The number of morpholine rings is 1. The third-order valence-electron chi connectivity index (χ3n) is 4.18. The van der Waals surface area contributed by atoms with Gasteiger partial charge in [-0.2, -0.15) is 0 Å². The first-order valence-electron chi connectivity index (χ1n) is 7.40. The molecule has 6 heteroatoms. The summed E-state index contributed by atoms with van der Waals surface area (Å²) in [5.41, 5.74) is 0. The van der Waals surface area contributed by atoms with E-state index in [1.165, 1.54) is 0 Å². The van der Waals surface area contributed by atoms with Gasteiger partial charge in [0.15, 0.2) is 0 Å². The maximum atomic E-state index is 12.6. The van der Waals surface area contributed by atoms with Gasteiger partial charge in [-0.05, 0) is 18.4 Å². The number of carbonyl (C=O) groups excluding carboxylic acids is 2. The lowest BCUT2D eigenvalue weighted by atomic mass is 10.1. The van der Waals surface area contributed by atoms with Crippen molar-refractivity contribution in [3.63, 3.8) is 0 Å². The van der Waals surface area contributed by atoms with Crippen LogP contribution in [0.1, 0.15) is 24.3 Å². The quantitative estimate of drug-likeness (QED) is 0.850. The van der Waals surface area contributed by atoms with E-state index in [0.29, 0.717) is 39.2 Å². The molecule has 2 fully saturated rings. The predicted molar refractivity (Wildman–Crippen MR) is 80.0 cm³/mol. The highest BCUT2D eigenvalue weighted by molar-refractivity contribution is 7.10. The van der Waals surface area contributed by atoms with Crippen molar-refractivity contribution in [3.05, 3.63) is 22.4 Å². The first-order valence-corrected chi connectivity index (χ1v) is 8.28. The molecule has 1 aromatic rings. The zero-order valence-electron chi connectivity index (χ0n) is 12.2. The Labute approximate surface area is 128 Å². The zero-order valence-corrected chi connectivity index (χ0v) is 13.0. The van der Waals surface area contributed by atoms with Gasteiger partial charge in [0.25, 0.3) is 0 Å². The first-order chi connectivity index (χ1) is 10.2. The highest BCUT2D eigenvalue weighted by Gasteiger charge is 2.37. The fourth-order valence-electron chi connectivity index (χ4n) is 3.00. The summed E-state index contributed by atoms with van der Waals surface area (Å²) in [6, 6.07) is 4.04. The molecule has 2 saturated heterocycles. The number of hydrogen-bond acceptors (Lipinski definition) is 4. The minimum absolute atomic E-state index is 0.0258. The van der Waals surface area contributed by atoms with E-state index in [1.807, 2.05) is 29.3 Å². The van der Waals surface area contributed by atoms with Crippen LogP contribution in [-0.2, 0) is 14.3 Å². The summed E-state index contributed by atoms with van der Waals surface area (Å²) in [6.07, 6.45) is 0.329. The van der Waals surface area contributed by atoms with Crippen LogP contribution in [-0.4, -0.2) is 54.4 Å². The summed E-state index contributed by atoms with van der Waals surface area (Å²) in [6.45, 7) is 4.98. The zero-order chi connectivity index (χ0) is 14.8. The molecule has 1 aromatic heterocycles. The molecule has 0 aromatic carbocycles.